The smallest absolute Gasteiger partial charge is 0.369 e. The third kappa shape index (κ3) is 5.32. The van der Waals surface area contributed by atoms with Crippen LogP contribution in [-0.4, -0.2) is 39.4 Å². The van der Waals surface area contributed by atoms with Crippen molar-refractivity contribution in [2.75, 3.05) is 19.7 Å². The van der Waals surface area contributed by atoms with Crippen LogP contribution in [0.5, 0.6) is 0 Å². The second kappa shape index (κ2) is 9.20. The molecule has 164 valence electrons. The minimum absolute atomic E-state index is 0.121. The summed E-state index contributed by atoms with van der Waals surface area (Å²) in [6.45, 7) is 5.72. The molecule has 4 rings (SSSR count). The van der Waals surface area contributed by atoms with Crippen LogP contribution in [0.1, 0.15) is 41.1 Å². The fraction of sp³-hybridized carbons (Fsp3) is 0.391. The first-order chi connectivity index (χ1) is 14.9. The highest BCUT2D eigenvalue weighted by molar-refractivity contribution is 5.33. The SMILES string of the molecule is CCn1cc(CN2CCO[C@H](c3cccc(Cc4ccccc4C(F)(F)F)n3)C2)cn1. The van der Waals surface area contributed by atoms with Crippen LogP contribution in [0.4, 0.5) is 13.2 Å². The van der Waals surface area contributed by atoms with E-state index < -0.39 is 11.7 Å². The van der Waals surface area contributed by atoms with Gasteiger partial charge in [0.05, 0.1) is 24.1 Å². The standard InChI is InChI=1S/C23H25F3N4O/c1-2-30-15-17(13-27-30)14-29-10-11-31-22(16-29)21-9-5-7-19(28-21)12-18-6-3-4-8-20(18)23(24,25)26/h3-9,13,15,22H,2,10-12,14,16H2,1H3/t22-/m0/s1. The Balaban J connectivity index is 1.47. The van der Waals surface area contributed by atoms with Crippen LogP contribution in [0.25, 0.3) is 0 Å². The van der Waals surface area contributed by atoms with E-state index in [1.807, 2.05) is 36.1 Å². The van der Waals surface area contributed by atoms with Crippen molar-refractivity contribution in [1.29, 1.82) is 0 Å². The van der Waals surface area contributed by atoms with Gasteiger partial charge >= 0.3 is 6.18 Å². The summed E-state index contributed by atoms with van der Waals surface area (Å²) in [6, 6.07) is 11.1. The van der Waals surface area contributed by atoms with E-state index in [4.69, 9.17) is 4.74 Å². The topological polar surface area (TPSA) is 43.2 Å². The molecule has 3 heterocycles. The van der Waals surface area contributed by atoms with Crippen molar-refractivity contribution in [1.82, 2.24) is 19.7 Å². The number of pyridine rings is 1. The van der Waals surface area contributed by atoms with Crippen LogP contribution in [-0.2, 0) is 30.4 Å². The summed E-state index contributed by atoms with van der Waals surface area (Å²) < 4.78 is 47.8. The highest BCUT2D eigenvalue weighted by Gasteiger charge is 2.33. The predicted octanol–water partition coefficient (Wildman–Crippen LogP) is 4.48. The Morgan fingerprint density at radius 2 is 1.97 bits per heavy atom. The highest BCUT2D eigenvalue weighted by atomic mass is 19.4. The lowest BCUT2D eigenvalue weighted by Crippen LogP contribution is -2.38. The zero-order chi connectivity index (χ0) is 21.8. The monoisotopic (exact) mass is 430 g/mol. The summed E-state index contributed by atoms with van der Waals surface area (Å²) in [7, 11) is 0. The van der Waals surface area contributed by atoms with Gasteiger partial charge in [-0.1, -0.05) is 24.3 Å². The van der Waals surface area contributed by atoms with Crippen molar-refractivity contribution in [2.45, 2.75) is 38.7 Å². The molecular formula is C23H25F3N4O. The van der Waals surface area contributed by atoms with E-state index >= 15 is 0 Å². The fourth-order valence-corrected chi connectivity index (χ4v) is 3.87. The number of aryl methyl sites for hydroxylation is 1. The van der Waals surface area contributed by atoms with Crippen LogP contribution in [0.3, 0.4) is 0 Å². The fourth-order valence-electron chi connectivity index (χ4n) is 3.87. The summed E-state index contributed by atoms with van der Waals surface area (Å²) >= 11 is 0. The number of ether oxygens (including phenoxy) is 1. The van der Waals surface area contributed by atoms with E-state index in [-0.39, 0.29) is 18.1 Å². The molecule has 3 aromatic rings. The molecule has 0 radical (unpaired) electrons. The molecule has 1 atom stereocenters. The van der Waals surface area contributed by atoms with Crippen LogP contribution in [0, 0.1) is 0 Å². The summed E-state index contributed by atoms with van der Waals surface area (Å²) in [6.07, 6.45) is -0.553. The molecular weight excluding hydrogens is 405 g/mol. The molecule has 0 bridgehead atoms. The first-order valence-electron chi connectivity index (χ1n) is 10.4. The van der Waals surface area contributed by atoms with Crippen molar-refractivity contribution in [3.05, 3.63) is 82.9 Å². The minimum Gasteiger partial charge on any atom is -0.369 e. The van der Waals surface area contributed by atoms with Crippen molar-refractivity contribution in [3.8, 4) is 0 Å². The highest BCUT2D eigenvalue weighted by Crippen LogP contribution is 2.33. The molecule has 0 spiro atoms. The Bertz CT molecular complexity index is 1020. The molecule has 5 nitrogen and oxygen atoms in total. The van der Waals surface area contributed by atoms with Gasteiger partial charge in [0.1, 0.15) is 6.10 Å². The lowest BCUT2D eigenvalue weighted by molar-refractivity contribution is -0.138. The number of rotatable bonds is 6. The first-order valence-corrected chi connectivity index (χ1v) is 10.4. The summed E-state index contributed by atoms with van der Waals surface area (Å²) in [5.74, 6) is 0. The van der Waals surface area contributed by atoms with Crippen LogP contribution in [0.15, 0.2) is 54.9 Å². The van der Waals surface area contributed by atoms with Gasteiger partial charge in [0, 0.05) is 50.1 Å². The molecule has 8 heteroatoms. The van der Waals surface area contributed by atoms with Gasteiger partial charge < -0.3 is 4.74 Å². The maximum absolute atomic E-state index is 13.3. The lowest BCUT2D eigenvalue weighted by atomic mass is 10.0. The van der Waals surface area contributed by atoms with E-state index in [2.05, 4.69) is 15.0 Å². The molecule has 0 N–H and O–H groups in total. The molecule has 1 aromatic carbocycles. The van der Waals surface area contributed by atoms with Crippen LogP contribution >= 0.6 is 0 Å². The molecule has 2 aromatic heterocycles. The molecule has 1 saturated heterocycles. The number of hydrogen-bond acceptors (Lipinski definition) is 4. The number of halogens is 3. The van der Waals surface area contributed by atoms with E-state index in [1.54, 1.807) is 12.1 Å². The summed E-state index contributed by atoms with van der Waals surface area (Å²) in [5, 5.41) is 4.32. The molecule has 0 saturated carbocycles. The van der Waals surface area contributed by atoms with Gasteiger partial charge in [-0.25, -0.2) is 0 Å². The minimum atomic E-state index is -4.38. The van der Waals surface area contributed by atoms with Gasteiger partial charge in [-0.15, -0.1) is 0 Å². The average Bonchev–Trinajstić information content (AvgIpc) is 3.21. The first kappa shape index (κ1) is 21.5. The van der Waals surface area contributed by atoms with Crippen molar-refractivity contribution < 1.29 is 17.9 Å². The maximum Gasteiger partial charge on any atom is 0.416 e. The number of nitrogens with zero attached hydrogens (tertiary/aromatic N) is 4. The lowest BCUT2D eigenvalue weighted by Gasteiger charge is -2.32. The second-order valence-corrected chi connectivity index (χ2v) is 7.68. The Labute approximate surface area is 179 Å². The van der Waals surface area contributed by atoms with Gasteiger partial charge in [-0.2, -0.15) is 18.3 Å². The normalized spacial score (nSPS) is 17.7. The molecule has 0 aliphatic carbocycles. The third-order valence-electron chi connectivity index (χ3n) is 5.42. The number of aromatic nitrogens is 3. The van der Waals surface area contributed by atoms with Crippen LogP contribution < -0.4 is 0 Å². The quantitative estimate of drug-likeness (QED) is 0.578. The number of benzene rings is 1. The number of morpholine rings is 1. The second-order valence-electron chi connectivity index (χ2n) is 7.68. The maximum atomic E-state index is 13.3. The Hall–Kier alpha value is -2.71. The Morgan fingerprint density at radius 1 is 1.13 bits per heavy atom. The van der Waals surface area contributed by atoms with Gasteiger partial charge in [0.15, 0.2) is 0 Å². The predicted molar refractivity (Wildman–Crippen MR) is 110 cm³/mol. The summed E-state index contributed by atoms with van der Waals surface area (Å²) in [5.41, 5.74) is 2.09. The zero-order valence-electron chi connectivity index (χ0n) is 17.3. The Morgan fingerprint density at radius 3 is 2.74 bits per heavy atom. The largest absolute Gasteiger partial charge is 0.416 e. The van der Waals surface area contributed by atoms with Crippen LogP contribution in [0.2, 0.25) is 0 Å². The van der Waals surface area contributed by atoms with Gasteiger partial charge in [0.2, 0.25) is 0 Å². The van der Waals surface area contributed by atoms with E-state index in [0.717, 1.165) is 37.0 Å². The number of hydrogen-bond donors (Lipinski definition) is 0. The number of alkyl halides is 3. The van der Waals surface area contributed by atoms with Gasteiger partial charge in [-0.05, 0) is 30.7 Å². The van der Waals surface area contributed by atoms with Gasteiger partial charge in [-0.3, -0.25) is 14.6 Å². The van der Waals surface area contributed by atoms with Crippen molar-refractivity contribution in [2.24, 2.45) is 0 Å². The van der Waals surface area contributed by atoms with Gasteiger partial charge in [0.25, 0.3) is 0 Å². The molecule has 0 unspecified atom stereocenters. The molecule has 0 amide bonds. The molecule has 31 heavy (non-hydrogen) atoms. The summed E-state index contributed by atoms with van der Waals surface area (Å²) in [4.78, 5) is 6.93. The Kier molecular flexibility index (Phi) is 6.38. The molecule has 1 fully saturated rings. The molecule has 1 aliphatic heterocycles. The van der Waals surface area contributed by atoms with Crippen molar-refractivity contribution >= 4 is 0 Å². The van der Waals surface area contributed by atoms with E-state index in [0.29, 0.717) is 18.8 Å². The third-order valence-corrected chi connectivity index (χ3v) is 5.42. The molecule has 1 aliphatic rings. The van der Waals surface area contributed by atoms with Crippen molar-refractivity contribution in [3.63, 3.8) is 0 Å². The van der Waals surface area contributed by atoms with E-state index in [1.165, 1.54) is 12.1 Å². The van der Waals surface area contributed by atoms with E-state index in [9.17, 15) is 13.2 Å². The zero-order valence-corrected chi connectivity index (χ0v) is 17.3. The average molecular weight is 430 g/mol.